The van der Waals surface area contributed by atoms with Gasteiger partial charge in [0.05, 0.1) is 0 Å². The molecule has 1 saturated carbocycles. The fourth-order valence-electron chi connectivity index (χ4n) is 2.45. The molecule has 2 unspecified atom stereocenters. The third-order valence-electron chi connectivity index (χ3n) is 4.15. The number of carbonyl (C=O) groups is 2. The van der Waals surface area contributed by atoms with Crippen LogP contribution in [0.15, 0.2) is 0 Å². The minimum atomic E-state index is -0.458. The summed E-state index contributed by atoms with van der Waals surface area (Å²) in [5, 5.41) is 5.68. The van der Waals surface area contributed by atoms with Gasteiger partial charge in [-0.1, -0.05) is 20.8 Å². The number of rotatable bonds is 8. The number of hydrogen-bond acceptors (Lipinski definition) is 3. The van der Waals surface area contributed by atoms with Gasteiger partial charge in [0.15, 0.2) is 0 Å². The molecule has 4 N–H and O–H groups in total. The lowest BCUT2D eigenvalue weighted by atomic mass is 9.76. The number of carbonyl (C=O) groups excluding carboxylic acids is 2. The maximum absolute atomic E-state index is 12.0. The molecule has 1 fully saturated rings. The minimum Gasteiger partial charge on any atom is -0.352 e. The molecule has 0 saturated heterocycles. The predicted octanol–water partition coefficient (Wildman–Crippen LogP) is 1.56. The molecule has 1 aliphatic rings. The quantitative estimate of drug-likeness (QED) is 0.635. The molecule has 0 heterocycles. The van der Waals surface area contributed by atoms with Gasteiger partial charge in [0.25, 0.3) is 0 Å². The van der Waals surface area contributed by atoms with E-state index in [0.717, 1.165) is 25.7 Å². The standard InChI is InChI=1S/C16H31N3O2/c1-11(15(21)19-13-6-7-13)18-14(20)8-5-12(9-10-17)16(2,3)4/h11-13H,5-10,17H2,1-4H3,(H,18,20)(H,19,21). The van der Waals surface area contributed by atoms with Crippen molar-refractivity contribution in [2.24, 2.45) is 17.1 Å². The van der Waals surface area contributed by atoms with Crippen LogP contribution in [0.4, 0.5) is 0 Å². The Morgan fingerprint density at radius 3 is 2.33 bits per heavy atom. The lowest BCUT2D eigenvalue weighted by Crippen LogP contribution is -2.45. The lowest BCUT2D eigenvalue weighted by Gasteiger charge is -2.30. The molecule has 0 bridgehead atoms. The SMILES string of the molecule is CC(NC(=O)CCC(CCN)C(C)(C)C)C(=O)NC1CC1. The first-order valence-electron chi connectivity index (χ1n) is 8.04. The van der Waals surface area contributed by atoms with Gasteiger partial charge in [-0.25, -0.2) is 0 Å². The fourth-order valence-corrected chi connectivity index (χ4v) is 2.45. The van der Waals surface area contributed by atoms with Crippen LogP contribution in [0.5, 0.6) is 0 Å². The zero-order valence-corrected chi connectivity index (χ0v) is 13.9. The van der Waals surface area contributed by atoms with E-state index in [-0.39, 0.29) is 17.2 Å². The Kier molecular flexibility index (Phi) is 6.65. The summed E-state index contributed by atoms with van der Waals surface area (Å²) in [6.07, 6.45) is 4.29. The molecule has 0 radical (unpaired) electrons. The summed E-state index contributed by atoms with van der Waals surface area (Å²) in [4.78, 5) is 23.8. The van der Waals surface area contributed by atoms with Crippen LogP contribution in [0.3, 0.4) is 0 Å². The molecule has 122 valence electrons. The molecule has 1 aliphatic carbocycles. The Balaban J connectivity index is 2.32. The van der Waals surface area contributed by atoms with Crippen LogP contribution in [-0.4, -0.2) is 30.4 Å². The van der Waals surface area contributed by atoms with Gasteiger partial charge < -0.3 is 16.4 Å². The van der Waals surface area contributed by atoms with Crippen LogP contribution in [-0.2, 0) is 9.59 Å². The summed E-state index contributed by atoms with van der Waals surface area (Å²) in [6, 6.07) is -0.132. The summed E-state index contributed by atoms with van der Waals surface area (Å²) < 4.78 is 0. The van der Waals surface area contributed by atoms with Crippen molar-refractivity contribution < 1.29 is 9.59 Å². The predicted molar refractivity (Wildman–Crippen MR) is 84.6 cm³/mol. The number of nitrogens with two attached hydrogens (primary N) is 1. The third kappa shape index (κ3) is 6.93. The van der Waals surface area contributed by atoms with E-state index in [4.69, 9.17) is 5.73 Å². The normalized spacial score (nSPS) is 18.0. The van der Waals surface area contributed by atoms with Gasteiger partial charge >= 0.3 is 0 Å². The minimum absolute atomic E-state index is 0.0558. The van der Waals surface area contributed by atoms with E-state index in [1.54, 1.807) is 6.92 Å². The zero-order chi connectivity index (χ0) is 16.0. The van der Waals surface area contributed by atoms with E-state index >= 15 is 0 Å². The molecule has 5 nitrogen and oxygen atoms in total. The molecular formula is C16H31N3O2. The average molecular weight is 297 g/mol. The van der Waals surface area contributed by atoms with Gasteiger partial charge in [-0.3, -0.25) is 9.59 Å². The monoisotopic (exact) mass is 297 g/mol. The Labute approximate surface area is 128 Å². The van der Waals surface area contributed by atoms with Crippen molar-refractivity contribution in [3.05, 3.63) is 0 Å². The Bertz CT molecular complexity index is 359. The maximum atomic E-state index is 12.0. The van der Waals surface area contributed by atoms with Crippen LogP contribution in [0, 0.1) is 11.3 Å². The van der Waals surface area contributed by atoms with E-state index in [1.807, 2.05) is 0 Å². The average Bonchev–Trinajstić information content (AvgIpc) is 3.16. The fraction of sp³-hybridized carbons (Fsp3) is 0.875. The largest absolute Gasteiger partial charge is 0.352 e. The Morgan fingerprint density at radius 1 is 1.24 bits per heavy atom. The molecule has 0 aliphatic heterocycles. The van der Waals surface area contributed by atoms with Crippen LogP contribution < -0.4 is 16.4 Å². The van der Waals surface area contributed by atoms with Crippen LogP contribution >= 0.6 is 0 Å². The highest BCUT2D eigenvalue weighted by atomic mass is 16.2. The summed E-state index contributed by atoms with van der Waals surface area (Å²) in [5.74, 6) is 0.281. The topological polar surface area (TPSA) is 84.2 Å². The summed E-state index contributed by atoms with van der Waals surface area (Å²) in [5.41, 5.74) is 5.80. The molecule has 0 aromatic rings. The molecule has 0 aromatic carbocycles. The van der Waals surface area contributed by atoms with Gasteiger partial charge in [0.2, 0.25) is 11.8 Å². The second-order valence-electron chi connectivity index (χ2n) is 7.25. The van der Waals surface area contributed by atoms with Crippen molar-refractivity contribution in [3.63, 3.8) is 0 Å². The van der Waals surface area contributed by atoms with E-state index in [2.05, 4.69) is 31.4 Å². The maximum Gasteiger partial charge on any atom is 0.242 e. The molecule has 5 heteroatoms. The molecule has 2 atom stereocenters. The third-order valence-corrected chi connectivity index (χ3v) is 4.15. The van der Waals surface area contributed by atoms with Crippen molar-refractivity contribution in [1.82, 2.24) is 10.6 Å². The van der Waals surface area contributed by atoms with Gasteiger partial charge in [-0.05, 0) is 50.5 Å². The van der Waals surface area contributed by atoms with Crippen molar-refractivity contribution in [2.75, 3.05) is 6.54 Å². The van der Waals surface area contributed by atoms with E-state index in [0.29, 0.717) is 24.9 Å². The van der Waals surface area contributed by atoms with Crippen LogP contribution in [0.2, 0.25) is 0 Å². The first-order valence-corrected chi connectivity index (χ1v) is 8.04. The van der Waals surface area contributed by atoms with E-state index in [1.165, 1.54) is 0 Å². The van der Waals surface area contributed by atoms with Crippen molar-refractivity contribution >= 4 is 11.8 Å². The second kappa shape index (κ2) is 7.78. The Morgan fingerprint density at radius 2 is 1.86 bits per heavy atom. The number of nitrogens with one attached hydrogen (secondary N) is 2. The highest BCUT2D eigenvalue weighted by Gasteiger charge is 2.27. The summed E-state index contributed by atoms with van der Waals surface area (Å²) in [6.45, 7) is 8.91. The summed E-state index contributed by atoms with van der Waals surface area (Å²) >= 11 is 0. The first-order chi connectivity index (χ1) is 9.74. The van der Waals surface area contributed by atoms with Crippen LogP contribution in [0.25, 0.3) is 0 Å². The summed E-state index contributed by atoms with van der Waals surface area (Å²) in [7, 11) is 0. The molecule has 1 rings (SSSR count). The van der Waals surface area contributed by atoms with Gasteiger partial charge in [-0.15, -0.1) is 0 Å². The highest BCUT2D eigenvalue weighted by molar-refractivity contribution is 5.87. The number of hydrogen-bond donors (Lipinski definition) is 3. The number of amides is 2. The lowest BCUT2D eigenvalue weighted by molar-refractivity contribution is -0.128. The molecule has 0 spiro atoms. The highest BCUT2D eigenvalue weighted by Crippen LogP contribution is 2.32. The Hall–Kier alpha value is -1.10. The smallest absolute Gasteiger partial charge is 0.242 e. The van der Waals surface area contributed by atoms with E-state index in [9.17, 15) is 9.59 Å². The van der Waals surface area contributed by atoms with Gasteiger partial charge in [-0.2, -0.15) is 0 Å². The van der Waals surface area contributed by atoms with Crippen molar-refractivity contribution in [2.45, 2.75) is 71.9 Å². The molecule has 2 amide bonds. The van der Waals surface area contributed by atoms with E-state index < -0.39 is 6.04 Å². The first kappa shape index (κ1) is 18.0. The van der Waals surface area contributed by atoms with Gasteiger partial charge in [0.1, 0.15) is 6.04 Å². The van der Waals surface area contributed by atoms with Crippen LogP contribution in [0.1, 0.15) is 59.8 Å². The second-order valence-corrected chi connectivity index (χ2v) is 7.25. The molecule has 21 heavy (non-hydrogen) atoms. The van der Waals surface area contributed by atoms with Crippen molar-refractivity contribution in [1.29, 1.82) is 0 Å². The van der Waals surface area contributed by atoms with Gasteiger partial charge in [0, 0.05) is 12.5 Å². The molecule has 0 aromatic heterocycles. The zero-order valence-electron chi connectivity index (χ0n) is 13.9. The molecular weight excluding hydrogens is 266 g/mol. The van der Waals surface area contributed by atoms with Crippen molar-refractivity contribution in [3.8, 4) is 0 Å².